The number of rotatable bonds is 12. The van der Waals surface area contributed by atoms with E-state index in [1.807, 2.05) is 20.3 Å². The number of halogens is 2. The molecule has 0 aliphatic carbocycles. The predicted octanol–water partition coefficient (Wildman–Crippen LogP) is -0.102. The topological polar surface area (TPSA) is 219 Å². The molecule has 2 saturated heterocycles. The summed E-state index contributed by atoms with van der Waals surface area (Å²) in [6.45, 7) is 2.53. The van der Waals surface area contributed by atoms with Crippen LogP contribution in [0.25, 0.3) is 0 Å². The second-order valence-electron chi connectivity index (χ2n) is 12.4. The number of anilines is 2. The monoisotopic (exact) mass is 788 g/mol. The number of carbonyl (C=O) groups is 3. The van der Waals surface area contributed by atoms with Crippen molar-refractivity contribution in [3.63, 3.8) is 0 Å². The first-order valence-corrected chi connectivity index (χ1v) is 18.8. The van der Waals surface area contributed by atoms with Gasteiger partial charge in [0.25, 0.3) is 11.8 Å². The number of thioether (sulfide) groups is 1. The molecular weight excluding hydrogens is 755 g/mol. The van der Waals surface area contributed by atoms with Crippen molar-refractivity contribution in [1.82, 2.24) is 19.9 Å². The van der Waals surface area contributed by atoms with Gasteiger partial charge in [-0.1, -0.05) is 21.9 Å². The van der Waals surface area contributed by atoms with Crippen LogP contribution in [0.5, 0.6) is 0 Å². The van der Waals surface area contributed by atoms with Gasteiger partial charge in [-0.3, -0.25) is 14.5 Å². The second kappa shape index (κ2) is 15.2. The standard InChI is InChI=1S/C32H34ClFN10O7S2/c1-49-39-24(22-15-53-32(36)37-22)28(45)38-25-29(46)44-26(31(47)48)17(14-52-30(25)44)12-42-5-2-23-41(6-7-43(23)42)13-19-20(33)10-16(11-21(19)34)27(35)40-51-18-3-8-50-9-4-18/h2,5,10-11,15,18,25,30H,3-4,6-9,12-14H2,1H3,(H5-,35,36,37,38,40,45,47,48)/b39-24-/t25-,30-/m1/s1. The first kappa shape index (κ1) is 36.4. The number of carboxylic acid groups (broad SMARTS) is 1. The number of hydrogen-bond donors (Lipinski definition) is 3. The number of nitrogens with two attached hydrogens (primary N) is 2. The Labute approximate surface area is 314 Å². The number of β-lactam (4-membered cyclic amide) rings is 1. The number of ether oxygens (including phenoxy) is 1. The van der Waals surface area contributed by atoms with Crippen molar-refractivity contribution in [3.8, 4) is 0 Å². The van der Waals surface area contributed by atoms with E-state index in [2.05, 4.69) is 20.6 Å². The number of oxime groups is 2. The van der Waals surface area contributed by atoms with Crippen molar-refractivity contribution in [2.24, 2.45) is 16.0 Å². The zero-order valence-corrected chi connectivity index (χ0v) is 30.6. The summed E-state index contributed by atoms with van der Waals surface area (Å²) in [4.78, 5) is 56.3. The zero-order chi connectivity index (χ0) is 37.4. The minimum Gasteiger partial charge on any atom is -0.543 e. The number of nitrogen functional groups attached to an aromatic ring is 1. The van der Waals surface area contributed by atoms with Gasteiger partial charge in [0.1, 0.15) is 36.1 Å². The number of carboxylic acids is 1. The lowest BCUT2D eigenvalue weighted by Crippen LogP contribution is -2.71. The molecule has 0 spiro atoms. The lowest BCUT2D eigenvalue weighted by molar-refractivity contribution is -0.766. The highest BCUT2D eigenvalue weighted by molar-refractivity contribution is 8.00. The van der Waals surface area contributed by atoms with Gasteiger partial charge in [-0.05, 0) is 12.1 Å². The van der Waals surface area contributed by atoms with Crippen molar-refractivity contribution >= 4 is 75.0 Å². The van der Waals surface area contributed by atoms with Crippen LogP contribution in [0.4, 0.5) is 15.3 Å². The third-order valence-electron chi connectivity index (χ3n) is 9.17. The van der Waals surface area contributed by atoms with Gasteiger partial charge >= 0.3 is 0 Å². The van der Waals surface area contributed by atoms with Crippen LogP contribution in [-0.2, 0) is 48.4 Å². The largest absolute Gasteiger partial charge is 0.543 e. The number of amides is 2. The van der Waals surface area contributed by atoms with Crippen molar-refractivity contribution < 1.29 is 43.0 Å². The highest BCUT2D eigenvalue weighted by Gasteiger charge is 2.53. The minimum atomic E-state index is -1.51. The van der Waals surface area contributed by atoms with Crippen molar-refractivity contribution in [3.05, 3.63) is 68.7 Å². The average molecular weight is 789 g/mol. The Morgan fingerprint density at radius 3 is 2.75 bits per heavy atom. The number of benzene rings is 1. The van der Waals surface area contributed by atoms with Crippen molar-refractivity contribution in [2.75, 3.05) is 43.3 Å². The molecule has 6 heterocycles. The Balaban J connectivity index is 1.03. The smallest absolute Gasteiger partial charge is 0.276 e. The normalized spacial score (nSPS) is 20.6. The van der Waals surface area contributed by atoms with Crippen molar-refractivity contribution in [2.45, 2.75) is 50.0 Å². The van der Waals surface area contributed by atoms with Crippen molar-refractivity contribution in [1.29, 1.82) is 0 Å². The molecule has 5 N–H and O–H groups in total. The Morgan fingerprint density at radius 1 is 1.26 bits per heavy atom. The van der Waals surface area contributed by atoms with Crippen LogP contribution in [0.3, 0.4) is 0 Å². The summed E-state index contributed by atoms with van der Waals surface area (Å²) in [5.74, 6) is -2.35. The summed E-state index contributed by atoms with van der Waals surface area (Å²) < 4.78 is 24.5. The Morgan fingerprint density at radius 2 is 2.06 bits per heavy atom. The molecule has 2 aromatic heterocycles. The van der Waals surface area contributed by atoms with E-state index in [0.717, 1.165) is 22.1 Å². The fourth-order valence-corrected chi connectivity index (χ4v) is 8.69. The summed E-state index contributed by atoms with van der Waals surface area (Å²) in [7, 11) is 1.26. The maximum Gasteiger partial charge on any atom is 0.276 e. The van der Waals surface area contributed by atoms with E-state index >= 15 is 4.39 Å². The molecule has 280 valence electrons. The average Bonchev–Trinajstić information content (AvgIpc) is 3.87. The Bertz CT molecular complexity index is 2030. The maximum atomic E-state index is 15.4. The molecule has 1 aromatic carbocycles. The van der Waals surface area contributed by atoms with Gasteiger partial charge in [0.05, 0.1) is 37.5 Å². The lowest BCUT2D eigenvalue weighted by atomic mass is 10.0. The molecule has 0 unspecified atom stereocenters. The second-order valence-corrected chi connectivity index (χ2v) is 14.8. The molecule has 0 saturated carbocycles. The van der Waals surface area contributed by atoms with E-state index in [1.165, 1.54) is 30.3 Å². The van der Waals surface area contributed by atoms with E-state index in [-0.39, 0.29) is 63.6 Å². The lowest BCUT2D eigenvalue weighted by Gasteiger charge is -2.50. The Hall–Kier alpha value is -4.92. The van der Waals surface area contributed by atoms with Crippen LogP contribution in [0, 0.1) is 5.82 Å². The van der Waals surface area contributed by atoms with Crippen LogP contribution in [0.2, 0.25) is 5.02 Å². The summed E-state index contributed by atoms with van der Waals surface area (Å²) >= 11 is 8.98. The zero-order valence-electron chi connectivity index (χ0n) is 28.2. The number of fused-ring (bicyclic) bond motifs is 2. The van der Waals surface area contributed by atoms with E-state index in [4.69, 9.17) is 37.5 Å². The summed E-state index contributed by atoms with van der Waals surface area (Å²) in [6, 6.07) is 3.66. The molecule has 2 atom stereocenters. The number of amidine groups is 1. The third kappa shape index (κ3) is 7.22. The minimum absolute atomic E-state index is 0.0147. The van der Waals surface area contributed by atoms with E-state index in [0.29, 0.717) is 50.3 Å². The van der Waals surface area contributed by atoms with E-state index in [1.54, 1.807) is 12.3 Å². The van der Waals surface area contributed by atoms with Crippen LogP contribution in [-0.4, -0.2) is 94.0 Å². The fourth-order valence-electron chi connectivity index (χ4n) is 6.54. The van der Waals surface area contributed by atoms with Gasteiger partial charge in [0, 0.05) is 58.8 Å². The highest BCUT2D eigenvalue weighted by Crippen LogP contribution is 2.40. The highest BCUT2D eigenvalue weighted by atomic mass is 35.5. The van der Waals surface area contributed by atoms with Gasteiger partial charge in [0.2, 0.25) is 0 Å². The number of nitrogens with one attached hydrogen (secondary N) is 1. The van der Waals surface area contributed by atoms with Gasteiger partial charge in [-0.15, -0.1) is 32.5 Å². The fraction of sp³-hybridized carbons (Fsp3) is 0.406. The Kier molecular flexibility index (Phi) is 10.5. The van der Waals surface area contributed by atoms with Crippen LogP contribution >= 0.6 is 34.7 Å². The molecule has 0 radical (unpaired) electrons. The first-order valence-electron chi connectivity index (χ1n) is 16.4. The van der Waals surface area contributed by atoms with Crippen LogP contribution in [0.15, 0.2) is 51.4 Å². The molecule has 7 rings (SSSR count). The van der Waals surface area contributed by atoms with E-state index < -0.39 is 35.0 Å². The SMILES string of the molecule is CO/N=C(\C(=O)N[C@@H]1C(=O)N2C(C(=O)[O-])=C(C[n+]3ccc4n3CCN4Cc3c(F)cc(/C(N)=N/OC4CCOCC4)cc3Cl)CS[C@H]12)c1csc(N)n1. The molecule has 4 aliphatic rings. The number of aliphatic carboxylic acids is 1. The predicted molar refractivity (Wildman–Crippen MR) is 190 cm³/mol. The summed E-state index contributed by atoms with van der Waals surface area (Å²) in [5.41, 5.74) is 12.6. The third-order valence-corrected chi connectivity index (χ3v) is 11.5. The molecular formula is C32H34ClFN10O7S2. The van der Waals surface area contributed by atoms with Crippen LogP contribution in [0.1, 0.15) is 29.7 Å². The number of aromatic nitrogens is 3. The molecule has 2 amide bonds. The number of hydrogen-bond acceptors (Lipinski definition) is 14. The molecule has 53 heavy (non-hydrogen) atoms. The van der Waals surface area contributed by atoms with Gasteiger partial charge in [0.15, 0.2) is 35.2 Å². The van der Waals surface area contributed by atoms with Gasteiger partial charge in [-0.2, -0.15) is 0 Å². The first-order chi connectivity index (χ1) is 25.5. The summed E-state index contributed by atoms with van der Waals surface area (Å²) in [5, 5.41) is 24.0. The molecule has 21 heteroatoms. The van der Waals surface area contributed by atoms with E-state index in [9.17, 15) is 19.5 Å². The molecule has 4 aliphatic heterocycles. The molecule has 17 nitrogen and oxygen atoms in total. The quantitative estimate of drug-likeness (QED) is 0.0721. The van der Waals surface area contributed by atoms with Gasteiger partial charge < -0.3 is 46.0 Å². The molecule has 0 bridgehead atoms. The van der Waals surface area contributed by atoms with Gasteiger partial charge in [-0.25, -0.2) is 9.37 Å². The number of nitrogens with zero attached hydrogens (tertiary/aromatic N) is 7. The number of thiazole rings is 1. The number of carbonyl (C=O) groups excluding carboxylic acids is 3. The van der Waals surface area contributed by atoms with Crippen LogP contribution < -0.4 is 31.5 Å². The summed E-state index contributed by atoms with van der Waals surface area (Å²) in [6.07, 6.45) is 3.05. The molecule has 3 aromatic rings. The molecule has 2 fully saturated rings. The maximum absolute atomic E-state index is 15.4.